The van der Waals surface area contributed by atoms with E-state index in [0.29, 0.717) is 0 Å². The Labute approximate surface area is 54.2 Å². The Hall–Kier alpha value is -0.730. The molecule has 0 aromatic rings. The number of ether oxygens (including phenoxy) is 1. The highest BCUT2D eigenvalue weighted by atomic mass is 16.6. The van der Waals surface area contributed by atoms with Crippen LogP contribution < -0.4 is 5.73 Å². The summed E-state index contributed by atoms with van der Waals surface area (Å²) in [5, 5.41) is 0. The third-order valence-corrected chi connectivity index (χ3v) is 1.59. The summed E-state index contributed by atoms with van der Waals surface area (Å²) in [4.78, 5) is 10.2. The second-order valence-electron chi connectivity index (χ2n) is 2.34. The van der Waals surface area contributed by atoms with Crippen LogP contribution in [0.3, 0.4) is 0 Å². The molecule has 3 heteroatoms. The third kappa shape index (κ3) is 1.91. The molecule has 9 heavy (non-hydrogen) atoms. The Bertz CT molecular complexity index is 108. The van der Waals surface area contributed by atoms with E-state index in [0.717, 1.165) is 25.7 Å². The van der Waals surface area contributed by atoms with Crippen LogP contribution in [0.15, 0.2) is 0 Å². The van der Waals surface area contributed by atoms with Crippen LogP contribution in [0.25, 0.3) is 0 Å². The van der Waals surface area contributed by atoms with Gasteiger partial charge < -0.3 is 10.5 Å². The molecule has 1 saturated carbocycles. The van der Waals surface area contributed by atoms with Crippen LogP contribution in [0.4, 0.5) is 4.79 Å². The first kappa shape index (κ1) is 6.39. The summed E-state index contributed by atoms with van der Waals surface area (Å²) in [6.07, 6.45) is 3.78. The van der Waals surface area contributed by atoms with Crippen LogP contribution in [-0.2, 0) is 4.74 Å². The van der Waals surface area contributed by atoms with E-state index in [9.17, 15) is 4.79 Å². The van der Waals surface area contributed by atoms with Crippen molar-refractivity contribution in [2.75, 3.05) is 0 Å². The van der Waals surface area contributed by atoms with Gasteiger partial charge in [0.05, 0.1) is 0 Å². The van der Waals surface area contributed by atoms with Crippen LogP contribution >= 0.6 is 0 Å². The summed E-state index contributed by atoms with van der Waals surface area (Å²) >= 11 is 0. The molecule has 0 heterocycles. The van der Waals surface area contributed by atoms with Crippen LogP contribution in [0, 0.1) is 0 Å². The fourth-order valence-electron chi connectivity index (χ4n) is 1.17. The number of rotatable bonds is 1. The second-order valence-corrected chi connectivity index (χ2v) is 2.34. The zero-order valence-electron chi connectivity index (χ0n) is 5.30. The molecule has 1 aliphatic rings. The maximum atomic E-state index is 10.2. The first-order valence-electron chi connectivity index (χ1n) is 3.25. The average Bonchev–Trinajstić information content (AvgIpc) is 2.15. The van der Waals surface area contributed by atoms with Crippen molar-refractivity contribution < 1.29 is 9.53 Å². The standard InChI is InChI=1S/C6H11NO2/c7-6(8)9-5-3-1-2-4-5/h5H,1-4H2,(H2,7,8). The fourth-order valence-corrected chi connectivity index (χ4v) is 1.17. The lowest BCUT2D eigenvalue weighted by atomic mass is 10.3. The molecule has 0 aromatic heterocycles. The van der Waals surface area contributed by atoms with E-state index in [1.165, 1.54) is 0 Å². The van der Waals surface area contributed by atoms with Crippen LogP contribution in [0.5, 0.6) is 0 Å². The highest BCUT2D eigenvalue weighted by Crippen LogP contribution is 2.20. The molecule has 0 radical (unpaired) electrons. The highest BCUT2D eigenvalue weighted by Gasteiger charge is 2.17. The Balaban J connectivity index is 2.19. The van der Waals surface area contributed by atoms with Gasteiger partial charge in [-0.3, -0.25) is 0 Å². The first-order valence-corrected chi connectivity index (χ1v) is 3.25. The molecule has 0 unspecified atom stereocenters. The lowest BCUT2D eigenvalue weighted by Gasteiger charge is -2.06. The Morgan fingerprint density at radius 3 is 2.44 bits per heavy atom. The molecule has 1 amide bonds. The van der Waals surface area contributed by atoms with Gasteiger partial charge in [-0.25, -0.2) is 4.79 Å². The van der Waals surface area contributed by atoms with Crippen LogP contribution in [-0.4, -0.2) is 12.2 Å². The van der Waals surface area contributed by atoms with Gasteiger partial charge in [0.1, 0.15) is 6.10 Å². The van der Waals surface area contributed by atoms with Crippen molar-refractivity contribution in [3.63, 3.8) is 0 Å². The van der Waals surface area contributed by atoms with Crippen molar-refractivity contribution in [1.82, 2.24) is 0 Å². The molecule has 52 valence electrons. The summed E-state index contributed by atoms with van der Waals surface area (Å²) in [6.45, 7) is 0. The minimum absolute atomic E-state index is 0.113. The summed E-state index contributed by atoms with van der Waals surface area (Å²) < 4.78 is 4.75. The third-order valence-electron chi connectivity index (χ3n) is 1.59. The number of hydrogen-bond donors (Lipinski definition) is 1. The SMILES string of the molecule is NC(=O)OC1CCCC1. The van der Waals surface area contributed by atoms with Gasteiger partial charge in [0.25, 0.3) is 0 Å². The Morgan fingerprint density at radius 2 is 2.00 bits per heavy atom. The summed E-state index contributed by atoms with van der Waals surface area (Å²) in [5.41, 5.74) is 4.81. The van der Waals surface area contributed by atoms with Gasteiger partial charge in [0, 0.05) is 0 Å². The van der Waals surface area contributed by atoms with Gasteiger partial charge in [0.15, 0.2) is 0 Å². The fraction of sp³-hybridized carbons (Fsp3) is 0.833. The number of hydrogen-bond acceptors (Lipinski definition) is 2. The van der Waals surface area contributed by atoms with E-state index in [2.05, 4.69) is 0 Å². The molecule has 0 saturated heterocycles. The molecular formula is C6H11NO2. The van der Waals surface area contributed by atoms with Gasteiger partial charge in [-0.15, -0.1) is 0 Å². The molecule has 2 N–H and O–H groups in total. The maximum Gasteiger partial charge on any atom is 0.404 e. The van der Waals surface area contributed by atoms with Gasteiger partial charge in [-0.2, -0.15) is 0 Å². The molecule has 0 bridgehead atoms. The Morgan fingerprint density at radius 1 is 1.44 bits per heavy atom. The zero-order chi connectivity index (χ0) is 6.69. The lowest BCUT2D eigenvalue weighted by molar-refractivity contribution is 0.110. The van der Waals surface area contributed by atoms with Crippen molar-refractivity contribution in [1.29, 1.82) is 0 Å². The smallest absolute Gasteiger partial charge is 0.404 e. The van der Waals surface area contributed by atoms with Crippen molar-refractivity contribution >= 4 is 6.09 Å². The molecule has 0 spiro atoms. The number of carbonyl (C=O) groups excluding carboxylic acids is 1. The van der Waals surface area contributed by atoms with E-state index in [1.807, 2.05) is 0 Å². The van der Waals surface area contributed by atoms with E-state index < -0.39 is 6.09 Å². The molecule has 1 rings (SSSR count). The van der Waals surface area contributed by atoms with E-state index in [1.54, 1.807) is 0 Å². The minimum atomic E-state index is -0.637. The monoisotopic (exact) mass is 129 g/mol. The summed E-state index contributed by atoms with van der Waals surface area (Å²) in [6, 6.07) is 0. The van der Waals surface area contributed by atoms with Crippen LogP contribution in [0.2, 0.25) is 0 Å². The topological polar surface area (TPSA) is 52.3 Å². The minimum Gasteiger partial charge on any atom is -0.446 e. The zero-order valence-corrected chi connectivity index (χ0v) is 5.30. The molecule has 1 fully saturated rings. The van der Waals surface area contributed by atoms with Gasteiger partial charge in [-0.05, 0) is 25.7 Å². The Kier molecular flexibility index (Phi) is 1.92. The quantitative estimate of drug-likeness (QED) is 0.574. The average molecular weight is 129 g/mol. The van der Waals surface area contributed by atoms with Gasteiger partial charge >= 0.3 is 6.09 Å². The van der Waals surface area contributed by atoms with Crippen molar-refractivity contribution in [2.24, 2.45) is 5.73 Å². The molecule has 0 aliphatic heterocycles. The van der Waals surface area contributed by atoms with E-state index in [-0.39, 0.29) is 6.10 Å². The van der Waals surface area contributed by atoms with E-state index in [4.69, 9.17) is 10.5 Å². The molecule has 0 aromatic carbocycles. The molecule has 0 atom stereocenters. The number of primary amides is 1. The highest BCUT2D eigenvalue weighted by molar-refractivity contribution is 5.64. The summed E-state index contributed by atoms with van der Waals surface area (Å²) in [5.74, 6) is 0. The predicted octanol–water partition coefficient (Wildman–Crippen LogP) is 1.02. The van der Waals surface area contributed by atoms with Crippen molar-refractivity contribution in [3.8, 4) is 0 Å². The molecule has 1 aliphatic carbocycles. The molecular weight excluding hydrogens is 118 g/mol. The normalized spacial score (nSPS) is 20.0. The van der Waals surface area contributed by atoms with Gasteiger partial charge in [-0.1, -0.05) is 0 Å². The molecule has 3 nitrogen and oxygen atoms in total. The number of amides is 1. The maximum absolute atomic E-state index is 10.2. The number of nitrogens with two attached hydrogens (primary N) is 1. The van der Waals surface area contributed by atoms with Gasteiger partial charge in [0.2, 0.25) is 0 Å². The van der Waals surface area contributed by atoms with Crippen LogP contribution in [0.1, 0.15) is 25.7 Å². The predicted molar refractivity (Wildman–Crippen MR) is 32.9 cm³/mol. The summed E-state index contributed by atoms with van der Waals surface area (Å²) in [7, 11) is 0. The van der Waals surface area contributed by atoms with E-state index >= 15 is 0 Å². The lowest BCUT2D eigenvalue weighted by Crippen LogP contribution is -2.19. The number of carbonyl (C=O) groups is 1. The largest absolute Gasteiger partial charge is 0.446 e. The van der Waals surface area contributed by atoms with Crippen molar-refractivity contribution in [2.45, 2.75) is 31.8 Å². The first-order chi connectivity index (χ1) is 4.29. The second kappa shape index (κ2) is 2.71. The van der Waals surface area contributed by atoms with Crippen molar-refractivity contribution in [3.05, 3.63) is 0 Å².